The number of thiocarbonyl (C=S) groups is 1. The number of rotatable bonds is 10. The number of hydrogen-bond donors (Lipinski definition) is 2. The fraction of sp³-hybridized carbons (Fsp3) is 0.909. The van der Waals surface area contributed by atoms with Gasteiger partial charge in [-0.1, -0.05) is 0 Å². The van der Waals surface area contributed by atoms with E-state index in [-0.39, 0.29) is 0 Å². The van der Waals surface area contributed by atoms with Gasteiger partial charge >= 0.3 is 0 Å². The third-order valence-electron chi connectivity index (χ3n) is 2.02. The summed E-state index contributed by atoms with van der Waals surface area (Å²) in [6, 6.07) is 0. The van der Waals surface area contributed by atoms with E-state index in [2.05, 4.69) is 16.9 Å². The second-order valence-corrected chi connectivity index (χ2v) is 4.83. The van der Waals surface area contributed by atoms with Gasteiger partial charge in [-0.05, 0) is 50.4 Å². The lowest BCUT2D eigenvalue weighted by atomic mass is 10.3. The van der Waals surface area contributed by atoms with Crippen molar-refractivity contribution in [3.63, 3.8) is 0 Å². The SMILES string of the molecule is CCOCCCNC(=S)NCCCCSC. The number of thioether (sulfide) groups is 1. The van der Waals surface area contributed by atoms with Crippen LogP contribution in [-0.4, -0.2) is 43.4 Å². The highest BCUT2D eigenvalue weighted by molar-refractivity contribution is 7.98. The maximum Gasteiger partial charge on any atom is 0.166 e. The Morgan fingerprint density at radius 2 is 1.88 bits per heavy atom. The van der Waals surface area contributed by atoms with Crippen molar-refractivity contribution in [3.05, 3.63) is 0 Å². The molecule has 0 amide bonds. The zero-order valence-corrected chi connectivity index (χ0v) is 12.0. The highest BCUT2D eigenvalue weighted by atomic mass is 32.2. The van der Waals surface area contributed by atoms with E-state index in [0.29, 0.717) is 0 Å². The molecule has 0 rings (SSSR count). The number of hydrogen-bond acceptors (Lipinski definition) is 3. The molecule has 0 aromatic rings. The molecule has 0 bridgehead atoms. The van der Waals surface area contributed by atoms with Gasteiger partial charge in [0.15, 0.2) is 5.11 Å². The first-order chi connectivity index (χ1) is 7.81. The van der Waals surface area contributed by atoms with Crippen molar-refractivity contribution in [2.24, 2.45) is 0 Å². The molecular weight excluding hydrogens is 240 g/mol. The summed E-state index contributed by atoms with van der Waals surface area (Å²) in [5.41, 5.74) is 0. The van der Waals surface area contributed by atoms with Crippen LogP contribution in [0.5, 0.6) is 0 Å². The summed E-state index contributed by atoms with van der Waals surface area (Å²) in [5.74, 6) is 1.23. The van der Waals surface area contributed by atoms with Crippen molar-refractivity contribution in [2.75, 3.05) is 38.3 Å². The molecule has 96 valence electrons. The lowest BCUT2D eigenvalue weighted by molar-refractivity contribution is 0.145. The average Bonchev–Trinajstić information content (AvgIpc) is 2.28. The molecule has 0 aliphatic heterocycles. The zero-order valence-electron chi connectivity index (χ0n) is 10.4. The van der Waals surface area contributed by atoms with Crippen molar-refractivity contribution in [3.8, 4) is 0 Å². The molecule has 0 fully saturated rings. The summed E-state index contributed by atoms with van der Waals surface area (Å²) in [5, 5.41) is 7.13. The largest absolute Gasteiger partial charge is 0.382 e. The van der Waals surface area contributed by atoms with Gasteiger partial charge in [-0.25, -0.2) is 0 Å². The van der Waals surface area contributed by atoms with Crippen LogP contribution in [0.4, 0.5) is 0 Å². The van der Waals surface area contributed by atoms with Gasteiger partial charge in [0.25, 0.3) is 0 Å². The van der Waals surface area contributed by atoms with Crippen LogP contribution in [0.2, 0.25) is 0 Å². The van der Waals surface area contributed by atoms with Crippen LogP contribution >= 0.6 is 24.0 Å². The third kappa shape index (κ3) is 12.1. The van der Waals surface area contributed by atoms with Crippen LogP contribution in [0.15, 0.2) is 0 Å². The van der Waals surface area contributed by atoms with Crippen molar-refractivity contribution < 1.29 is 4.74 Å². The predicted octanol–water partition coefficient (Wildman–Crippen LogP) is 2.02. The van der Waals surface area contributed by atoms with Crippen LogP contribution in [0, 0.1) is 0 Å². The number of ether oxygens (including phenoxy) is 1. The molecule has 0 heterocycles. The van der Waals surface area contributed by atoms with Gasteiger partial charge in [-0.2, -0.15) is 11.8 Å². The standard InChI is InChI=1S/C11H24N2OS2/c1-3-14-9-6-8-13-11(15)12-7-4-5-10-16-2/h3-10H2,1-2H3,(H2,12,13,15). The Morgan fingerprint density at radius 1 is 1.19 bits per heavy atom. The van der Waals surface area contributed by atoms with E-state index >= 15 is 0 Å². The fourth-order valence-electron chi connectivity index (χ4n) is 1.16. The molecule has 0 aromatic heterocycles. The van der Waals surface area contributed by atoms with Crippen molar-refractivity contribution in [1.82, 2.24) is 10.6 Å². The third-order valence-corrected chi connectivity index (χ3v) is 3.00. The predicted molar refractivity (Wildman–Crippen MR) is 77.3 cm³/mol. The minimum Gasteiger partial charge on any atom is -0.382 e. The molecule has 0 radical (unpaired) electrons. The van der Waals surface area contributed by atoms with E-state index in [1.807, 2.05) is 18.7 Å². The minimum atomic E-state index is 0.764. The molecule has 2 N–H and O–H groups in total. The van der Waals surface area contributed by atoms with E-state index in [1.54, 1.807) is 0 Å². The lowest BCUT2D eigenvalue weighted by Crippen LogP contribution is -2.36. The first kappa shape index (κ1) is 16.0. The second-order valence-electron chi connectivity index (χ2n) is 3.43. The molecule has 0 saturated heterocycles. The monoisotopic (exact) mass is 264 g/mol. The van der Waals surface area contributed by atoms with Gasteiger partial charge in [0.05, 0.1) is 0 Å². The normalized spacial score (nSPS) is 10.1. The minimum absolute atomic E-state index is 0.764. The molecule has 3 nitrogen and oxygen atoms in total. The molecule has 0 unspecified atom stereocenters. The quantitative estimate of drug-likeness (QED) is 0.466. The first-order valence-corrected chi connectivity index (χ1v) is 7.69. The summed E-state index contributed by atoms with van der Waals surface area (Å²) in [4.78, 5) is 0. The first-order valence-electron chi connectivity index (χ1n) is 5.89. The molecule has 16 heavy (non-hydrogen) atoms. The summed E-state index contributed by atoms with van der Waals surface area (Å²) in [6.45, 7) is 5.46. The van der Waals surface area contributed by atoms with Crippen LogP contribution in [0.3, 0.4) is 0 Å². The van der Waals surface area contributed by atoms with Gasteiger partial charge in [0.1, 0.15) is 0 Å². The van der Waals surface area contributed by atoms with Gasteiger partial charge < -0.3 is 15.4 Å². The van der Waals surface area contributed by atoms with Crippen molar-refractivity contribution >= 4 is 29.1 Å². The number of nitrogens with one attached hydrogen (secondary N) is 2. The van der Waals surface area contributed by atoms with E-state index in [9.17, 15) is 0 Å². The number of unbranched alkanes of at least 4 members (excludes halogenated alkanes) is 1. The lowest BCUT2D eigenvalue weighted by Gasteiger charge is -2.10. The van der Waals surface area contributed by atoms with Gasteiger partial charge in [-0.3, -0.25) is 0 Å². The average molecular weight is 264 g/mol. The summed E-state index contributed by atoms with van der Waals surface area (Å²) in [7, 11) is 0. The Labute approximate surface area is 109 Å². The van der Waals surface area contributed by atoms with Crippen molar-refractivity contribution in [2.45, 2.75) is 26.2 Å². The Kier molecular flexibility index (Phi) is 13.1. The maximum atomic E-state index is 5.23. The maximum absolute atomic E-state index is 5.23. The van der Waals surface area contributed by atoms with Gasteiger partial charge in [0.2, 0.25) is 0 Å². The summed E-state index contributed by atoms with van der Waals surface area (Å²) < 4.78 is 5.23. The molecule has 0 aromatic carbocycles. The van der Waals surface area contributed by atoms with E-state index in [1.165, 1.54) is 18.6 Å². The Bertz CT molecular complexity index is 152. The molecule has 5 heteroatoms. The highest BCUT2D eigenvalue weighted by Gasteiger charge is 1.94. The molecule has 0 aliphatic carbocycles. The highest BCUT2D eigenvalue weighted by Crippen LogP contribution is 1.97. The fourth-order valence-corrected chi connectivity index (χ4v) is 1.85. The zero-order chi connectivity index (χ0) is 12.1. The van der Waals surface area contributed by atoms with Crippen LogP contribution in [-0.2, 0) is 4.74 Å². The van der Waals surface area contributed by atoms with Gasteiger partial charge in [0, 0.05) is 26.3 Å². The topological polar surface area (TPSA) is 33.3 Å². The Morgan fingerprint density at radius 3 is 2.50 bits per heavy atom. The van der Waals surface area contributed by atoms with E-state index in [4.69, 9.17) is 17.0 Å². The van der Waals surface area contributed by atoms with Crippen molar-refractivity contribution in [1.29, 1.82) is 0 Å². The molecular formula is C11H24N2OS2. The Balaban J connectivity index is 3.12. The molecule has 0 spiro atoms. The summed E-state index contributed by atoms with van der Waals surface area (Å²) >= 11 is 7.03. The second kappa shape index (κ2) is 13.1. The van der Waals surface area contributed by atoms with Crippen LogP contribution in [0.25, 0.3) is 0 Å². The van der Waals surface area contributed by atoms with Crippen LogP contribution in [0.1, 0.15) is 26.2 Å². The Hall–Kier alpha value is 0. The molecule has 0 atom stereocenters. The smallest absolute Gasteiger partial charge is 0.166 e. The van der Waals surface area contributed by atoms with Gasteiger partial charge in [-0.15, -0.1) is 0 Å². The van der Waals surface area contributed by atoms with Crippen LogP contribution < -0.4 is 10.6 Å². The molecule has 0 saturated carbocycles. The van der Waals surface area contributed by atoms with E-state index in [0.717, 1.165) is 37.8 Å². The van der Waals surface area contributed by atoms with E-state index < -0.39 is 0 Å². The summed E-state index contributed by atoms with van der Waals surface area (Å²) in [6.07, 6.45) is 5.57. The molecule has 0 aliphatic rings.